The normalized spacial score (nSPS) is 12.4. The molecule has 0 aliphatic carbocycles. The maximum atomic E-state index is 11.9. The van der Waals surface area contributed by atoms with E-state index in [0.29, 0.717) is 0 Å². The second kappa shape index (κ2) is 7.07. The molecule has 1 heterocycles. The maximum Gasteiger partial charge on any atom is 0.410 e. The molecule has 10 heteroatoms. The summed E-state index contributed by atoms with van der Waals surface area (Å²) >= 11 is 0. The minimum Gasteiger partial charge on any atom is -0.444 e. The van der Waals surface area contributed by atoms with Crippen molar-refractivity contribution in [1.29, 1.82) is 0 Å². The number of ether oxygens (including phenoxy) is 1. The number of aromatic amines is 1. The van der Waals surface area contributed by atoms with Gasteiger partial charge < -0.3 is 15.0 Å². The van der Waals surface area contributed by atoms with E-state index >= 15 is 0 Å². The summed E-state index contributed by atoms with van der Waals surface area (Å²) < 4.78 is 5.97. The van der Waals surface area contributed by atoms with E-state index < -0.39 is 34.9 Å². The lowest BCUT2D eigenvalue weighted by molar-refractivity contribution is -0.123. The van der Waals surface area contributed by atoms with Crippen molar-refractivity contribution in [2.45, 2.75) is 39.5 Å². The van der Waals surface area contributed by atoms with E-state index in [9.17, 15) is 19.2 Å². The Labute approximate surface area is 132 Å². The van der Waals surface area contributed by atoms with Crippen LogP contribution in [-0.2, 0) is 9.53 Å². The molecule has 0 aromatic carbocycles. The molecule has 0 saturated heterocycles. The monoisotopic (exact) mass is 326 g/mol. The van der Waals surface area contributed by atoms with Gasteiger partial charge in [-0.3, -0.25) is 19.0 Å². The molecule has 0 saturated carbocycles. The zero-order valence-electron chi connectivity index (χ0n) is 13.7. The Hall–Kier alpha value is -2.65. The number of hydrogen-bond acceptors (Lipinski definition) is 6. The van der Waals surface area contributed by atoms with E-state index in [0.717, 1.165) is 9.47 Å². The fourth-order valence-electron chi connectivity index (χ4n) is 1.56. The molecular weight excluding hydrogens is 306 g/mol. The van der Waals surface area contributed by atoms with Crippen molar-refractivity contribution in [3.8, 4) is 0 Å². The summed E-state index contributed by atoms with van der Waals surface area (Å²) in [5.41, 5.74) is -2.49. The van der Waals surface area contributed by atoms with Crippen molar-refractivity contribution in [2.75, 3.05) is 13.6 Å². The molecule has 0 spiro atoms. The molecule has 0 fully saturated rings. The van der Waals surface area contributed by atoms with Crippen LogP contribution in [0.15, 0.2) is 9.59 Å². The molecule has 2 amide bonds. The average Bonchev–Trinajstić information content (AvgIpc) is 2.39. The predicted octanol–water partition coefficient (Wildman–Crippen LogP) is -0.767. The Morgan fingerprint density at radius 2 is 2.04 bits per heavy atom. The van der Waals surface area contributed by atoms with E-state index in [2.05, 4.69) is 16.7 Å². The van der Waals surface area contributed by atoms with E-state index in [1.807, 2.05) is 5.10 Å². The third-order valence-corrected chi connectivity index (χ3v) is 2.57. The van der Waals surface area contributed by atoms with Gasteiger partial charge in [0.25, 0.3) is 0 Å². The van der Waals surface area contributed by atoms with Crippen molar-refractivity contribution in [2.24, 2.45) is 0 Å². The topological polar surface area (TPSA) is 126 Å². The number of nitrogens with one attached hydrogen (secondary N) is 2. The van der Waals surface area contributed by atoms with Gasteiger partial charge in [-0.05, 0) is 27.7 Å². The third-order valence-electron chi connectivity index (χ3n) is 2.57. The van der Waals surface area contributed by atoms with Crippen LogP contribution in [0.3, 0.4) is 0 Å². The van der Waals surface area contributed by atoms with Crippen molar-refractivity contribution < 1.29 is 14.3 Å². The fraction of sp³-hybridized carbons (Fsp3) is 0.615. The summed E-state index contributed by atoms with van der Waals surface area (Å²) in [6.07, 6.45) is 0.767. The molecule has 1 radical (unpaired) electrons. The maximum absolute atomic E-state index is 11.9. The molecule has 1 aromatic heterocycles. The van der Waals surface area contributed by atoms with Gasteiger partial charge >= 0.3 is 17.2 Å². The van der Waals surface area contributed by atoms with Crippen LogP contribution in [0.25, 0.3) is 0 Å². The minimum atomic E-state index is -0.921. The van der Waals surface area contributed by atoms with Gasteiger partial charge in [0.05, 0.1) is 0 Å². The molecular formula is C13H20N5O5. The van der Waals surface area contributed by atoms with Gasteiger partial charge in [0.2, 0.25) is 12.2 Å². The van der Waals surface area contributed by atoms with Gasteiger partial charge in [0, 0.05) is 7.05 Å². The molecule has 1 atom stereocenters. The van der Waals surface area contributed by atoms with Crippen LogP contribution in [0, 0.1) is 6.33 Å². The highest BCUT2D eigenvalue weighted by Crippen LogP contribution is 2.08. The number of H-pyrrole nitrogens is 1. The van der Waals surface area contributed by atoms with Crippen LogP contribution in [0.2, 0.25) is 0 Å². The van der Waals surface area contributed by atoms with Crippen LogP contribution in [-0.4, -0.2) is 50.9 Å². The third kappa shape index (κ3) is 5.57. The first-order valence-electron chi connectivity index (χ1n) is 6.83. The number of rotatable bonds is 4. The smallest absolute Gasteiger partial charge is 0.410 e. The molecule has 0 aliphatic heterocycles. The van der Waals surface area contributed by atoms with Crippen molar-refractivity contribution in [3.63, 3.8) is 0 Å². The van der Waals surface area contributed by atoms with Gasteiger partial charge in [0.15, 0.2) is 0 Å². The van der Waals surface area contributed by atoms with Crippen molar-refractivity contribution >= 4 is 12.0 Å². The molecule has 0 aliphatic rings. The lowest BCUT2D eigenvalue weighted by Gasteiger charge is -2.24. The number of amides is 2. The molecule has 1 aromatic rings. The van der Waals surface area contributed by atoms with Gasteiger partial charge in [-0.15, -0.1) is 5.10 Å². The quantitative estimate of drug-likeness (QED) is 0.700. The van der Waals surface area contributed by atoms with Gasteiger partial charge in [0.1, 0.15) is 18.3 Å². The second-order valence-electron chi connectivity index (χ2n) is 5.91. The lowest BCUT2D eigenvalue weighted by Crippen LogP contribution is -2.46. The lowest BCUT2D eigenvalue weighted by atomic mass is 10.2. The molecule has 1 unspecified atom stereocenters. The Morgan fingerprint density at radius 1 is 1.43 bits per heavy atom. The molecule has 10 nitrogen and oxygen atoms in total. The Bertz CT molecular complexity index is 687. The van der Waals surface area contributed by atoms with Gasteiger partial charge in [-0.1, -0.05) is 0 Å². The van der Waals surface area contributed by atoms with Crippen molar-refractivity contribution in [3.05, 3.63) is 27.0 Å². The van der Waals surface area contributed by atoms with E-state index in [1.54, 1.807) is 20.8 Å². The first-order chi connectivity index (χ1) is 10.5. The molecule has 127 valence electrons. The van der Waals surface area contributed by atoms with Crippen LogP contribution in [0.1, 0.15) is 33.9 Å². The zero-order valence-corrected chi connectivity index (χ0v) is 13.7. The number of carbonyl (C=O) groups is 2. The number of likely N-dealkylation sites (N-methyl/N-ethyl adjacent to an activating group) is 1. The second-order valence-corrected chi connectivity index (χ2v) is 5.91. The van der Waals surface area contributed by atoms with Crippen LogP contribution >= 0.6 is 0 Å². The Morgan fingerprint density at radius 3 is 2.61 bits per heavy atom. The average molecular weight is 326 g/mol. The van der Waals surface area contributed by atoms with E-state index in [4.69, 9.17) is 4.74 Å². The van der Waals surface area contributed by atoms with Crippen molar-refractivity contribution in [1.82, 2.24) is 25.0 Å². The summed E-state index contributed by atoms with van der Waals surface area (Å²) in [6.45, 7) is 6.34. The number of carbonyl (C=O) groups excluding carboxylic acids is 2. The SMILES string of the molecule is CC(NC(=O)CN(C)C(=O)OC(C)(C)C)n1[c]n[nH]c(=O)c1=O. The summed E-state index contributed by atoms with van der Waals surface area (Å²) in [7, 11) is 1.41. The highest BCUT2D eigenvalue weighted by atomic mass is 16.6. The first kappa shape index (κ1) is 18.4. The van der Waals surface area contributed by atoms with Crippen LogP contribution < -0.4 is 16.4 Å². The number of aromatic nitrogens is 3. The fourth-order valence-corrected chi connectivity index (χ4v) is 1.56. The summed E-state index contributed by atoms with van der Waals surface area (Å²) in [5.74, 6) is -0.536. The van der Waals surface area contributed by atoms with E-state index in [1.165, 1.54) is 14.0 Å². The largest absolute Gasteiger partial charge is 0.444 e. The van der Waals surface area contributed by atoms with Gasteiger partial charge in [-0.25, -0.2) is 9.89 Å². The predicted molar refractivity (Wildman–Crippen MR) is 79.7 cm³/mol. The standard InChI is InChI=1S/C13H20N5O5/c1-8(18-7-14-16-10(20)11(18)21)15-9(19)6-17(5)12(22)23-13(2,3)4/h8H,6H2,1-5H3,(H,15,19)(H,16,20). The zero-order chi connectivity index (χ0) is 17.8. The summed E-state index contributed by atoms with van der Waals surface area (Å²) in [6, 6.07) is 0. The molecule has 23 heavy (non-hydrogen) atoms. The first-order valence-corrected chi connectivity index (χ1v) is 6.83. The minimum absolute atomic E-state index is 0.273. The Balaban J connectivity index is 2.66. The highest BCUT2D eigenvalue weighted by Gasteiger charge is 2.22. The molecule has 2 N–H and O–H groups in total. The number of hydrogen-bond donors (Lipinski definition) is 2. The Kier molecular flexibility index (Phi) is 5.66. The summed E-state index contributed by atoms with van der Waals surface area (Å²) in [5, 5.41) is 7.77. The van der Waals surface area contributed by atoms with Crippen LogP contribution in [0.4, 0.5) is 4.79 Å². The van der Waals surface area contributed by atoms with E-state index in [-0.39, 0.29) is 6.54 Å². The van der Waals surface area contributed by atoms with Gasteiger partial charge in [-0.2, -0.15) is 0 Å². The summed E-state index contributed by atoms with van der Waals surface area (Å²) in [4.78, 5) is 47.5. The highest BCUT2D eigenvalue weighted by molar-refractivity contribution is 5.82. The molecule has 1 rings (SSSR count). The molecule has 0 bridgehead atoms. The number of nitrogens with zero attached hydrogens (tertiary/aromatic N) is 3. The van der Waals surface area contributed by atoms with Crippen LogP contribution in [0.5, 0.6) is 0 Å².